The summed E-state index contributed by atoms with van der Waals surface area (Å²) in [6, 6.07) is 25.2. The van der Waals surface area contributed by atoms with Crippen molar-refractivity contribution in [2.75, 3.05) is 0 Å². The van der Waals surface area contributed by atoms with Crippen LogP contribution in [0.2, 0.25) is 0 Å². The molecule has 0 radical (unpaired) electrons. The molecule has 0 spiro atoms. The summed E-state index contributed by atoms with van der Waals surface area (Å²) in [7, 11) is 0.619. The average molecular weight is 539 g/mol. The predicted octanol–water partition coefficient (Wildman–Crippen LogP) is 9.42. The summed E-state index contributed by atoms with van der Waals surface area (Å²) in [5.74, 6) is 0. The van der Waals surface area contributed by atoms with Crippen molar-refractivity contribution in [1.82, 2.24) is 0 Å². The summed E-state index contributed by atoms with van der Waals surface area (Å²) < 4.78 is 0. The van der Waals surface area contributed by atoms with Gasteiger partial charge in [0.2, 0.25) is 0 Å². The molecule has 1 nitrogen and oxygen atoms in total. The molecular weight excluding hydrogens is 491 g/mol. The summed E-state index contributed by atoms with van der Waals surface area (Å²) in [5, 5.41) is 15.2. The Bertz CT molecular complexity index is 1280. The van der Waals surface area contributed by atoms with Crippen LogP contribution < -0.4 is 5.30 Å². The van der Waals surface area contributed by atoms with Crippen molar-refractivity contribution in [3.8, 4) is 0 Å². The van der Waals surface area contributed by atoms with E-state index in [1.807, 2.05) is 60.7 Å². The van der Waals surface area contributed by atoms with Gasteiger partial charge in [-0.15, -0.1) is 0 Å². The molecule has 4 rings (SSSR count). The first kappa shape index (κ1) is 29.5. The first-order valence-corrected chi connectivity index (χ1v) is 15.3. The quantitative estimate of drug-likeness (QED) is 0.321. The maximum Gasteiger partial charge on any atom is 0.136 e. The summed E-state index contributed by atoms with van der Waals surface area (Å²) in [6.07, 6.45) is 6.29. The number of allylic oxidation sites excluding steroid dienone is 3. The van der Waals surface area contributed by atoms with E-state index in [1.54, 1.807) is 0 Å². The van der Waals surface area contributed by atoms with E-state index in [1.165, 1.54) is 27.3 Å². The molecule has 1 unspecified atom stereocenters. The van der Waals surface area contributed by atoms with Crippen LogP contribution in [-0.2, 0) is 21.8 Å². The largest absolute Gasteiger partial charge is 0.376 e. The van der Waals surface area contributed by atoms with Crippen LogP contribution in [-0.4, -0.2) is 5.11 Å². The molecule has 0 bridgehead atoms. The van der Waals surface area contributed by atoms with Gasteiger partial charge in [0.15, 0.2) is 0 Å². The average Bonchev–Trinajstić information content (AvgIpc) is 2.88. The molecule has 2 heteroatoms. The van der Waals surface area contributed by atoms with E-state index in [9.17, 15) is 5.11 Å². The minimum absolute atomic E-state index is 0.0562. The molecule has 3 aromatic rings. The van der Waals surface area contributed by atoms with Gasteiger partial charge in [-0.25, -0.2) is 0 Å². The zero-order chi connectivity index (χ0) is 28.6. The summed E-state index contributed by atoms with van der Waals surface area (Å²) in [6.45, 7) is 21.1. The fourth-order valence-corrected chi connectivity index (χ4v) is 7.39. The lowest BCUT2D eigenvalue weighted by molar-refractivity contribution is 0.116. The van der Waals surface area contributed by atoms with Crippen LogP contribution in [0.25, 0.3) is 0 Å². The Hall–Kier alpha value is -2.47. The predicted molar refractivity (Wildman–Crippen MR) is 172 cm³/mol. The number of hydrogen-bond acceptors (Lipinski definition) is 1. The molecule has 1 aliphatic carbocycles. The lowest BCUT2D eigenvalue weighted by Crippen LogP contribution is -2.31. The summed E-state index contributed by atoms with van der Waals surface area (Å²) in [4.78, 5) is 0. The fraction of sp³-hybridized carbons (Fsp3) is 0.405. The minimum Gasteiger partial charge on any atom is -0.376 e. The maximum absolute atomic E-state index is 12.3. The van der Waals surface area contributed by atoms with Crippen molar-refractivity contribution in [2.45, 2.75) is 97.0 Å². The van der Waals surface area contributed by atoms with Crippen molar-refractivity contribution in [3.05, 3.63) is 124 Å². The van der Waals surface area contributed by atoms with Crippen molar-refractivity contribution in [2.24, 2.45) is 0 Å². The van der Waals surface area contributed by atoms with Crippen LogP contribution in [0.1, 0.15) is 103 Å². The van der Waals surface area contributed by atoms with E-state index in [4.69, 9.17) is 0 Å². The molecule has 1 aliphatic rings. The lowest BCUT2D eigenvalue weighted by atomic mass is 9.75. The molecule has 0 fully saturated rings. The van der Waals surface area contributed by atoms with Crippen LogP contribution in [0.5, 0.6) is 0 Å². The van der Waals surface area contributed by atoms with Gasteiger partial charge in [0.1, 0.15) is 5.60 Å². The Morgan fingerprint density at radius 3 is 1.38 bits per heavy atom. The van der Waals surface area contributed by atoms with Gasteiger partial charge in [0, 0.05) is 0 Å². The summed E-state index contributed by atoms with van der Waals surface area (Å²) in [5.41, 5.74) is 6.34. The highest BCUT2D eigenvalue weighted by molar-refractivity contribution is 7.52. The van der Waals surface area contributed by atoms with E-state index < -0.39 is 5.60 Å². The molecule has 0 saturated heterocycles. The molecule has 0 aromatic heterocycles. The molecule has 3 aromatic carbocycles. The van der Waals surface area contributed by atoms with Crippen molar-refractivity contribution < 1.29 is 5.11 Å². The zero-order valence-electron chi connectivity index (χ0n) is 25.4. The van der Waals surface area contributed by atoms with E-state index in [-0.39, 0.29) is 16.2 Å². The molecule has 39 heavy (non-hydrogen) atoms. The van der Waals surface area contributed by atoms with Gasteiger partial charge in [-0.2, -0.15) is 0 Å². The highest BCUT2D eigenvalue weighted by Crippen LogP contribution is 2.45. The molecular formula is C37H47OP. The zero-order valence-corrected chi connectivity index (χ0v) is 26.4. The first-order chi connectivity index (χ1) is 18.1. The summed E-state index contributed by atoms with van der Waals surface area (Å²) >= 11 is 0. The second kappa shape index (κ2) is 10.8. The van der Waals surface area contributed by atoms with Gasteiger partial charge >= 0.3 is 0 Å². The number of benzene rings is 3. The molecule has 1 atom stereocenters. The Morgan fingerprint density at radius 2 is 1.03 bits per heavy atom. The van der Waals surface area contributed by atoms with E-state index >= 15 is 0 Å². The lowest BCUT2D eigenvalue weighted by Gasteiger charge is -2.35. The Balaban J connectivity index is 1.80. The number of rotatable bonds is 5. The normalized spacial score (nSPS) is 15.4. The molecule has 0 heterocycles. The number of hydrogen-bond donors (Lipinski definition) is 1. The molecule has 0 saturated carbocycles. The SMILES string of the molecule is CC(C)(C)c1cc(C(C)(C)C)c(PC2=CC=C(C(O)(c3ccccc3)c3ccccc3)CC2)c(C(C)(C)C)c1. The standard InChI is InChI=1S/C37H47OP/c1-34(2,3)29-24-31(35(4,5)6)33(32(25-29)36(7,8)9)39-30-22-20-28(21-23-30)37(38,26-16-12-10-13-17-26)27-18-14-11-15-19-27/h10-20,22,24-25,38-39H,21,23H2,1-9H3. The van der Waals surface area contributed by atoms with E-state index in [0.29, 0.717) is 8.58 Å². The third kappa shape index (κ3) is 6.32. The Labute approximate surface area is 239 Å². The van der Waals surface area contributed by atoms with Gasteiger partial charge in [-0.1, -0.05) is 156 Å². The van der Waals surface area contributed by atoms with Gasteiger partial charge in [-0.3, -0.25) is 0 Å². The third-order valence-electron chi connectivity index (χ3n) is 7.90. The van der Waals surface area contributed by atoms with E-state index in [2.05, 4.69) is 86.6 Å². The Kier molecular flexibility index (Phi) is 8.20. The van der Waals surface area contributed by atoms with Gasteiger partial charge in [0.25, 0.3) is 0 Å². The van der Waals surface area contributed by atoms with Crippen LogP contribution in [0.15, 0.2) is 95.8 Å². The van der Waals surface area contributed by atoms with Crippen molar-refractivity contribution >= 4 is 13.9 Å². The van der Waals surface area contributed by atoms with Crippen molar-refractivity contribution in [3.63, 3.8) is 0 Å². The van der Waals surface area contributed by atoms with Gasteiger partial charge in [0.05, 0.1) is 0 Å². The molecule has 1 N–H and O–H groups in total. The van der Waals surface area contributed by atoms with Crippen molar-refractivity contribution in [1.29, 1.82) is 0 Å². The van der Waals surface area contributed by atoms with Crippen LogP contribution >= 0.6 is 8.58 Å². The van der Waals surface area contributed by atoms with Crippen LogP contribution in [0.3, 0.4) is 0 Å². The monoisotopic (exact) mass is 538 g/mol. The first-order valence-electron chi connectivity index (χ1n) is 14.3. The third-order valence-corrected chi connectivity index (χ3v) is 9.43. The Morgan fingerprint density at radius 1 is 0.564 bits per heavy atom. The molecule has 0 amide bonds. The molecule has 206 valence electrons. The van der Waals surface area contributed by atoms with Crippen LogP contribution in [0, 0.1) is 0 Å². The second-order valence-electron chi connectivity index (χ2n) is 14.1. The maximum atomic E-state index is 12.3. The molecule has 0 aliphatic heterocycles. The smallest absolute Gasteiger partial charge is 0.136 e. The highest BCUT2D eigenvalue weighted by atomic mass is 31.1. The minimum atomic E-state index is -1.13. The fourth-order valence-electron chi connectivity index (χ4n) is 5.49. The van der Waals surface area contributed by atoms with E-state index in [0.717, 1.165) is 29.5 Å². The van der Waals surface area contributed by atoms with Crippen LogP contribution in [0.4, 0.5) is 0 Å². The number of aliphatic hydroxyl groups is 1. The topological polar surface area (TPSA) is 20.2 Å². The highest BCUT2D eigenvalue weighted by Gasteiger charge is 2.36. The van der Waals surface area contributed by atoms with Gasteiger partial charge in [-0.05, 0) is 73.1 Å². The second-order valence-corrected chi connectivity index (χ2v) is 15.5. The van der Waals surface area contributed by atoms with Gasteiger partial charge < -0.3 is 5.11 Å².